The number of benzene rings is 1. The Kier molecular flexibility index (Phi) is 5.53. The number of carboxylic acid groups (broad SMARTS) is 1. The van der Waals surface area contributed by atoms with Crippen LogP contribution in [0.1, 0.15) is 18.4 Å². The number of hydrazone groups is 1. The number of ether oxygens (including phenoxy) is 1. The first kappa shape index (κ1) is 16.8. The molecule has 0 heterocycles. The predicted molar refractivity (Wildman–Crippen MR) is 78.9 cm³/mol. The summed E-state index contributed by atoms with van der Waals surface area (Å²) in [6.07, 6.45) is 3.05. The maximum Gasteiger partial charge on any atom is 0.329 e. The molecule has 1 aromatic carbocycles. The number of carboxylic acids is 1. The fourth-order valence-electron chi connectivity index (χ4n) is 1.55. The molecule has 0 bridgehead atoms. The van der Waals surface area contributed by atoms with Crippen LogP contribution < -0.4 is 20.6 Å². The molecule has 1 aliphatic rings. The number of hydrogen-bond donors (Lipinski definition) is 2. The van der Waals surface area contributed by atoms with E-state index in [1.54, 1.807) is 6.07 Å². The van der Waals surface area contributed by atoms with Crippen molar-refractivity contribution in [1.82, 2.24) is 10.7 Å². The predicted octanol–water partition coefficient (Wildman–Crippen LogP) is -0.803. The molecule has 1 aromatic rings. The molecule has 2 N–H and O–H groups in total. The van der Waals surface area contributed by atoms with Gasteiger partial charge in [0.05, 0.1) is 17.2 Å². The third-order valence-electron chi connectivity index (χ3n) is 2.80. The van der Waals surface area contributed by atoms with Crippen molar-refractivity contribution in [3.8, 4) is 5.75 Å². The second-order valence-corrected chi connectivity index (χ2v) is 5.20. The number of aliphatic carboxylic acids is 1. The first-order valence-corrected chi connectivity index (χ1v) is 7.09. The zero-order valence-corrected chi connectivity index (χ0v) is 12.6. The van der Waals surface area contributed by atoms with Crippen LogP contribution in [0, 0.1) is 0 Å². The second-order valence-electron chi connectivity index (χ2n) is 4.80. The molecule has 0 aromatic heterocycles. The summed E-state index contributed by atoms with van der Waals surface area (Å²) in [7, 11) is 0. The number of nitrogens with one attached hydrogen (secondary N) is 2. The maximum absolute atomic E-state index is 11.4. The van der Waals surface area contributed by atoms with E-state index in [1.807, 2.05) is 0 Å². The molecule has 2 rings (SSSR count). The Hall–Kier alpha value is -2.61. The van der Waals surface area contributed by atoms with Gasteiger partial charge in [-0.1, -0.05) is 11.6 Å². The van der Waals surface area contributed by atoms with Crippen LogP contribution in [0.3, 0.4) is 0 Å². The van der Waals surface area contributed by atoms with Crippen LogP contribution in [-0.4, -0.2) is 36.6 Å². The van der Waals surface area contributed by atoms with E-state index >= 15 is 0 Å². The normalized spacial score (nSPS) is 13.6. The average Bonchev–Trinajstić information content (AvgIpc) is 3.30. The monoisotopic (exact) mass is 338 g/mol. The van der Waals surface area contributed by atoms with E-state index in [9.17, 15) is 19.5 Å². The van der Waals surface area contributed by atoms with Gasteiger partial charge in [0, 0.05) is 6.04 Å². The molecule has 0 saturated heterocycles. The molecule has 1 saturated carbocycles. The van der Waals surface area contributed by atoms with Gasteiger partial charge in [-0.3, -0.25) is 9.59 Å². The van der Waals surface area contributed by atoms with E-state index in [4.69, 9.17) is 16.3 Å². The molecular formula is C14H13ClN3O5-. The van der Waals surface area contributed by atoms with Crippen LogP contribution in [0.25, 0.3) is 0 Å². The number of nitrogens with zero attached hydrogens (tertiary/aromatic N) is 1. The van der Waals surface area contributed by atoms with Crippen molar-refractivity contribution in [2.75, 3.05) is 6.61 Å². The van der Waals surface area contributed by atoms with Gasteiger partial charge in [-0.15, -0.1) is 0 Å². The lowest BCUT2D eigenvalue weighted by Crippen LogP contribution is -2.38. The molecule has 0 atom stereocenters. The lowest BCUT2D eigenvalue weighted by atomic mass is 10.2. The first-order valence-electron chi connectivity index (χ1n) is 6.72. The molecule has 23 heavy (non-hydrogen) atoms. The fourth-order valence-corrected chi connectivity index (χ4v) is 1.79. The van der Waals surface area contributed by atoms with Gasteiger partial charge in [-0.05, 0) is 36.6 Å². The molecule has 9 heteroatoms. The number of amides is 2. The van der Waals surface area contributed by atoms with Crippen molar-refractivity contribution in [2.24, 2.45) is 5.10 Å². The molecule has 1 fully saturated rings. The van der Waals surface area contributed by atoms with Crippen molar-refractivity contribution in [2.45, 2.75) is 18.9 Å². The third kappa shape index (κ3) is 5.59. The van der Waals surface area contributed by atoms with E-state index in [0.29, 0.717) is 5.56 Å². The van der Waals surface area contributed by atoms with Gasteiger partial charge in [0.25, 0.3) is 0 Å². The highest BCUT2D eigenvalue weighted by Crippen LogP contribution is 2.24. The third-order valence-corrected chi connectivity index (χ3v) is 3.10. The Morgan fingerprint density at radius 3 is 2.70 bits per heavy atom. The van der Waals surface area contributed by atoms with Gasteiger partial charge in [0.15, 0.2) is 0 Å². The van der Waals surface area contributed by atoms with Crippen LogP contribution >= 0.6 is 11.6 Å². The van der Waals surface area contributed by atoms with Crippen molar-refractivity contribution < 1.29 is 24.2 Å². The van der Waals surface area contributed by atoms with Crippen molar-refractivity contribution in [1.29, 1.82) is 0 Å². The van der Waals surface area contributed by atoms with E-state index < -0.39 is 24.4 Å². The summed E-state index contributed by atoms with van der Waals surface area (Å²) in [5.41, 5.74) is 2.62. The average molecular weight is 339 g/mol. The zero-order chi connectivity index (χ0) is 16.8. The summed E-state index contributed by atoms with van der Waals surface area (Å²) < 4.78 is 4.91. The number of carbonyl (C=O) groups is 3. The topological polar surface area (TPSA) is 120 Å². The Bertz CT molecular complexity index is 658. The molecule has 0 aliphatic heterocycles. The number of carbonyl (C=O) groups excluding carboxylic acids is 3. The molecule has 8 nitrogen and oxygen atoms in total. The van der Waals surface area contributed by atoms with Gasteiger partial charge < -0.3 is 20.0 Å². The summed E-state index contributed by atoms with van der Waals surface area (Å²) in [5.74, 6) is -2.76. The van der Waals surface area contributed by atoms with Gasteiger partial charge >= 0.3 is 11.8 Å². The van der Waals surface area contributed by atoms with Gasteiger partial charge in [-0.25, -0.2) is 5.43 Å². The highest BCUT2D eigenvalue weighted by atomic mass is 35.5. The fraction of sp³-hybridized carbons (Fsp3) is 0.286. The van der Waals surface area contributed by atoms with Crippen molar-refractivity contribution in [3.63, 3.8) is 0 Å². The van der Waals surface area contributed by atoms with Crippen LogP contribution in [0.2, 0.25) is 5.02 Å². The first-order chi connectivity index (χ1) is 11.0. The Morgan fingerprint density at radius 2 is 2.09 bits per heavy atom. The smallest absolute Gasteiger partial charge is 0.329 e. The van der Waals surface area contributed by atoms with Gasteiger partial charge in [0.2, 0.25) is 0 Å². The Morgan fingerprint density at radius 1 is 1.35 bits per heavy atom. The molecular weight excluding hydrogens is 326 g/mol. The second kappa shape index (κ2) is 7.59. The molecule has 2 amide bonds. The van der Waals surface area contributed by atoms with Crippen LogP contribution in [0.4, 0.5) is 0 Å². The molecule has 1 aliphatic carbocycles. The summed E-state index contributed by atoms with van der Waals surface area (Å²) in [5, 5.41) is 16.7. The maximum atomic E-state index is 11.4. The quantitative estimate of drug-likeness (QED) is 0.399. The Labute approximate surface area is 136 Å². The summed E-state index contributed by atoms with van der Waals surface area (Å²) in [4.78, 5) is 33.1. The summed E-state index contributed by atoms with van der Waals surface area (Å²) in [6.45, 7) is -0.612. The minimum atomic E-state index is -1.36. The number of rotatable bonds is 6. The largest absolute Gasteiger partial charge is 0.546 e. The molecule has 0 radical (unpaired) electrons. The van der Waals surface area contributed by atoms with E-state index in [1.165, 1.54) is 18.3 Å². The number of hydrogen-bond acceptors (Lipinski definition) is 6. The zero-order valence-electron chi connectivity index (χ0n) is 11.9. The molecule has 0 spiro atoms. The van der Waals surface area contributed by atoms with E-state index in [2.05, 4.69) is 15.8 Å². The standard InChI is InChI=1S/C14H14ClN3O5/c15-10-5-8(1-4-11(10)23-7-12(19)20)6-16-18-14(22)13(21)17-9-2-3-9/h1,4-6,9H,2-3,7H2,(H,17,21)(H,18,22)(H,19,20)/p-1/b16-6-. The summed E-state index contributed by atoms with van der Waals surface area (Å²) in [6, 6.07) is 4.56. The van der Waals surface area contributed by atoms with Crippen molar-refractivity contribution in [3.05, 3.63) is 28.8 Å². The number of halogens is 1. The highest BCUT2D eigenvalue weighted by Gasteiger charge is 2.26. The van der Waals surface area contributed by atoms with Crippen LogP contribution in [-0.2, 0) is 14.4 Å². The lowest BCUT2D eigenvalue weighted by molar-refractivity contribution is -0.307. The van der Waals surface area contributed by atoms with Crippen LogP contribution in [0.5, 0.6) is 5.75 Å². The SMILES string of the molecule is O=C([O-])COc1ccc(/C=N\NC(=O)C(=O)NC2CC2)cc1Cl. The van der Waals surface area contributed by atoms with Gasteiger partial charge in [0.1, 0.15) is 12.4 Å². The van der Waals surface area contributed by atoms with E-state index in [0.717, 1.165) is 12.8 Å². The van der Waals surface area contributed by atoms with E-state index in [-0.39, 0.29) is 16.8 Å². The highest BCUT2D eigenvalue weighted by molar-refractivity contribution is 6.35. The minimum Gasteiger partial charge on any atom is -0.546 e. The minimum absolute atomic E-state index is 0.0876. The van der Waals surface area contributed by atoms with Gasteiger partial charge in [-0.2, -0.15) is 5.10 Å². The summed E-state index contributed by atoms with van der Waals surface area (Å²) >= 11 is 5.92. The van der Waals surface area contributed by atoms with Crippen LogP contribution in [0.15, 0.2) is 23.3 Å². The molecule has 0 unspecified atom stereocenters. The Balaban J connectivity index is 1.86. The molecule has 122 valence electrons. The van der Waals surface area contributed by atoms with Crippen molar-refractivity contribution >= 4 is 35.6 Å². The lowest BCUT2D eigenvalue weighted by Gasteiger charge is -2.08.